The lowest BCUT2D eigenvalue weighted by Crippen LogP contribution is -2.21. The number of carbonyl (C=O) groups excluding carboxylic acids is 3. The summed E-state index contributed by atoms with van der Waals surface area (Å²) >= 11 is 3.01. The number of anilines is 1. The molecule has 0 bridgehead atoms. The molecule has 0 spiro atoms. The maximum absolute atomic E-state index is 12.8. The number of hydrogen-bond donors (Lipinski definition) is 1. The lowest BCUT2D eigenvalue weighted by Gasteiger charge is -2.18. The molecule has 0 saturated carbocycles. The molecule has 1 heterocycles. The normalized spacial score (nSPS) is 14.3. The summed E-state index contributed by atoms with van der Waals surface area (Å²) in [6, 6.07) is 19.6. The number of para-hydroxylation sites is 1. The van der Waals surface area contributed by atoms with E-state index in [9.17, 15) is 14.4 Å². The summed E-state index contributed by atoms with van der Waals surface area (Å²) in [5, 5.41) is 2.82. The molecule has 0 atom stereocenters. The highest BCUT2D eigenvalue weighted by molar-refractivity contribution is 8.38. The van der Waals surface area contributed by atoms with Gasteiger partial charge in [-0.05, 0) is 29.8 Å². The minimum atomic E-state index is -0.206. The Morgan fingerprint density at radius 2 is 1.58 bits per heavy atom. The Morgan fingerprint density at radius 3 is 2.39 bits per heavy atom. The van der Waals surface area contributed by atoms with Gasteiger partial charge in [0, 0.05) is 33.7 Å². The maximum atomic E-state index is 12.8. The summed E-state index contributed by atoms with van der Waals surface area (Å²) in [5.74, 6) is 0.475. The molecule has 7 heteroatoms. The van der Waals surface area contributed by atoms with Crippen molar-refractivity contribution in [3.63, 3.8) is 0 Å². The van der Waals surface area contributed by atoms with E-state index in [-0.39, 0.29) is 23.2 Å². The topological polar surface area (TPSA) is 75.6 Å². The summed E-state index contributed by atoms with van der Waals surface area (Å²) in [5.41, 5.74) is 4.12. The molecule has 1 aliphatic carbocycles. The van der Waals surface area contributed by atoms with Crippen LogP contribution in [0, 0.1) is 0 Å². The van der Waals surface area contributed by atoms with Crippen molar-refractivity contribution in [3.8, 4) is 0 Å². The van der Waals surface area contributed by atoms with Crippen molar-refractivity contribution in [2.45, 2.75) is 5.75 Å². The first-order valence-electron chi connectivity index (χ1n) is 9.65. The minimum Gasteiger partial charge on any atom is -0.325 e. The number of amides is 1. The van der Waals surface area contributed by atoms with Crippen LogP contribution in [0.5, 0.6) is 0 Å². The fraction of sp³-hybridized carbons (Fsp3) is 0.0833. The van der Waals surface area contributed by atoms with Crippen LogP contribution in [0.15, 0.2) is 71.7 Å². The van der Waals surface area contributed by atoms with Gasteiger partial charge < -0.3 is 5.32 Å². The minimum absolute atomic E-state index is 0.175. The first-order valence-corrected chi connectivity index (χ1v) is 11.6. The predicted octanol–water partition coefficient (Wildman–Crippen LogP) is 5.07. The molecule has 31 heavy (non-hydrogen) atoms. The van der Waals surface area contributed by atoms with E-state index in [1.54, 1.807) is 54.2 Å². The Hall–Kier alpha value is -3.16. The molecular formula is C24H16N2O3S2. The summed E-state index contributed by atoms with van der Waals surface area (Å²) in [7, 11) is 0. The number of nitrogens with zero attached hydrogens (tertiary/aromatic N) is 1. The molecule has 3 aromatic rings. The zero-order valence-electron chi connectivity index (χ0n) is 16.3. The van der Waals surface area contributed by atoms with Crippen molar-refractivity contribution in [2.75, 3.05) is 11.1 Å². The van der Waals surface area contributed by atoms with Gasteiger partial charge in [-0.3, -0.25) is 14.4 Å². The second kappa shape index (κ2) is 8.17. The van der Waals surface area contributed by atoms with Crippen LogP contribution >= 0.6 is 23.5 Å². The fourth-order valence-electron chi connectivity index (χ4n) is 3.59. The number of ketones is 2. The van der Waals surface area contributed by atoms with Gasteiger partial charge in [-0.1, -0.05) is 66.0 Å². The summed E-state index contributed by atoms with van der Waals surface area (Å²) in [4.78, 5) is 42.6. The average molecular weight is 445 g/mol. The molecule has 5 rings (SSSR count). The van der Waals surface area contributed by atoms with Crippen molar-refractivity contribution < 1.29 is 14.4 Å². The van der Waals surface area contributed by atoms with Crippen molar-refractivity contribution in [1.82, 2.24) is 0 Å². The van der Waals surface area contributed by atoms with Gasteiger partial charge in [-0.15, -0.1) is 0 Å². The summed E-state index contributed by atoms with van der Waals surface area (Å²) in [6.45, 7) is 0. The van der Waals surface area contributed by atoms with E-state index in [2.05, 4.69) is 16.4 Å². The Labute approximate surface area is 187 Å². The van der Waals surface area contributed by atoms with Gasteiger partial charge in [0.1, 0.15) is 4.38 Å². The molecule has 1 aliphatic heterocycles. The van der Waals surface area contributed by atoms with Crippen LogP contribution in [-0.4, -0.2) is 27.6 Å². The summed E-state index contributed by atoms with van der Waals surface area (Å²) < 4.78 is 0.858. The van der Waals surface area contributed by atoms with Gasteiger partial charge in [-0.25, -0.2) is 4.99 Å². The van der Waals surface area contributed by atoms with E-state index in [1.165, 1.54) is 17.3 Å². The van der Waals surface area contributed by atoms with E-state index < -0.39 is 0 Å². The fourth-order valence-corrected chi connectivity index (χ4v) is 5.45. The number of nitrogens with one attached hydrogen (secondary N) is 1. The van der Waals surface area contributed by atoms with E-state index in [0.717, 1.165) is 15.8 Å². The number of benzene rings is 3. The third-order valence-electron chi connectivity index (χ3n) is 5.09. The molecule has 0 radical (unpaired) electrons. The number of carbonyl (C=O) groups is 3. The number of aliphatic imine (C=N–C) groups is 1. The van der Waals surface area contributed by atoms with Crippen LogP contribution < -0.4 is 5.32 Å². The Kier molecular flexibility index (Phi) is 5.21. The first kappa shape index (κ1) is 19.8. The molecule has 152 valence electrons. The predicted molar refractivity (Wildman–Crippen MR) is 126 cm³/mol. The molecule has 1 N–H and O–H groups in total. The van der Waals surface area contributed by atoms with Crippen molar-refractivity contribution >= 4 is 56.7 Å². The highest BCUT2D eigenvalue weighted by atomic mass is 32.2. The first-order chi connectivity index (χ1) is 15.1. The van der Waals surface area contributed by atoms with Gasteiger partial charge in [-0.2, -0.15) is 0 Å². The number of rotatable bonds is 3. The number of hydrogen-bond acceptors (Lipinski definition) is 6. The van der Waals surface area contributed by atoms with E-state index >= 15 is 0 Å². The van der Waals surface area contributed by atoms with Crippen LogP contribution in [-0.2, 0) is 10.5 Å². The second-order valence-corrected chi connectivity index (χ2v) is 9.28. The van der Waals surface area contributed by atoms with Gasteiger partial charge in [0.15, 0.2) is 11.6 Å². The average Bonchev–Trinajstić information content (AvgIpc) is 2.81. The van der Waals surface area contributed by atoms with Gasteiger partial charge >= 0.3 is 0 Å². The highest BCUT2D eigenvalue weighted by Gasteiger charge is 2.29. The molecule has 2 aliphatic rings. The third kappa shape index (κ3) is 3.82. The monoisotopic (exact) mass is 444 g/mol. The molecular weight excluding hydrogens is 428 g/mol. The zero-order valence-corrected chi connectivity index (χ0v) is 17.9. The third-order valence-corrected chi connectivity index (χ3v) is 7.34. The Bertz CT molecular complexity index is 1280. The highest BCUT2D eigenvalue weighted by Crippen LogP contribution is 2.34. The largest absolute Gasteiger partial charge is 0.325 e. The standard InChI is InChI=1S/C24H16N2O3S2/c27-21(13-31-24-26-20-8-4-1-5-14(20)12-30-24)25-15-9-10-18-19(11-15)23(29)17-7-3-2-6-16(17)22(18)28/h1-11H,12-13H2,(H,25,27). The Balaban J connectivity index is 1.28. The molecule has 0 saturated heterocycles. The molecule has 0 fully saturated rings. The van der Waals surface area contributed by atoms with Crippen LogP contribution in [0.4, 0.5) is 11.4 Å². The summed E-state index contributed by atoms with van der Waals surface area (Å²) in [6.07, 6.45) is 0. The number of thioether (sulfide) groups is 2. The molecule has 1 amide bonds. The van der Waals surface area contributed by atoms with Crippen LogP contribution in [0.25, 0.3) is 0 Å². The lowest BCUT2D eigenvalue weighted by atomic mass is 9.84. The van der Waals surface area contributed by atoms with Crippen LogP contribution in [0.3, 0.4) is 0 Å². The molecule has 5 nitrogen and oxygen atoms in total. The SMILES string of the molecule is O=C(CSC1=Nc2ccccc2CS1)Nc1ccc2c(c1)C(=O)c1ccccc1C2=O. The molecule has 0 unspecified atom stereocenters. The van der Waals surface area contributed by atoms with E-state index in [4.69, 9.17) is 0 Å². The van der Waals surface area contributed by atoms with E-state index in [0.29, 0.717) is 27.9 Å². The van der Waals surface area contributed by atoms with Crippen LogP contribution in [0.1, 0.15) is 37.4 Å². The molecule has 3 aromatic carbocycles. The van der Waals surface area contributed by atoms with Gasteiger partial charge in [0.2, 0.25) is 5.91 Å². The van der Waals surface area contributed by atoms with Crippen molar-refractivity contribution in [1.29, 1.82) is 0 Å². The van der Waals surface area contributed by atoms with Crippen molar-refractivity contribution in [3.05, 3.63) is 94.5 Å². The smallest absolute Gasteiger partial charge is 0.234 e. The van der Waals surface area contributed by atoms with Crippen molar-refractivity contribution in [2.24, 2.45) is 4.99 Å². The van der Waals surface area contributed by atoms with Crippen LogP contribution in [0.2, 0.25) is 0 Å². The maximum Gasteiger partial charge on any atom is 0.234 e. The Morgan fingerprint density at radius 1 is 0.903 bits per heavy atom. The second-order valence-electron chi connectivity index (χ2n) is 7.10. The quantitative estimate of drug-likeness (QED) is 0.478. The van der Waals surface area contributed by atoms with Gasteiger partial charge in [0.05, 0.1) is 11.4 Å². The zero-order chi connectivity index (χ0) is 21.4. The number of fused-ring (bicyclic) bond motifs is 3. The van der Waals surface area contributed by atoms with Gasteiger partial charge in [0.25, 0.3) is 0 Å². The molecule has 0 aromatic heterocycles. The lowest BCUT2D eigenvalue weighted by molar-refractivity contribution is -0.113. The van der Waals surface area contributed by atoms with E-state index in [1.807, 2.05) is 18.2 Å².